The minimum absolute atomic E-state index is 0.245. The van der Waals surface area contributed by atoms with Gasteiger partial charge < -0.3 is 4.74 Å². The third kappa shape index (κ3) is 5.25. The van der Waals surface area contributed by atoms with E-state index in [1.165, 1.54) is 12.5 Å². The molecule has 0 aliphatic heterocycles. The van der Waals surface area contributed by atoms with Crippen molar-refractivity contribution in [2.24, 2.45) is 5.14 Å². The van der Waals surface area contributed by atoms with E-state index in [0.717, 1.165) is 4.57 Å². The molecule has 0 aliphatic carbocycles. The van der Waals surface area contributed by atoms with E-state index >= 15 is 0 Å². The quantitative estimate of drug-likeness (QED) is 0.854. The van der Waals surface area contributed by atoms with Gasteiger partial charge in [0.25, 0.3) is 0 Å². The van der Waals surface area contributed by atoms with Gasteiger partial charge in [0.05, 0.1) is 5.69 Å². The van der Waals surface area contributed by atoms with Crippen LogP contribution in [-0.2, 0) is 25.8 Å². The fraction of sp³-hybridized carbons (Fsp3) is 0.556. The van der Waals surface area contributed by atoms with Crippen molar-refractivity contribution in [3.63, 3.8) is 0 Å². The summed E-state index contributed by atoms with van der Waals surface area (Å²) in [4.78, 5) is 15.4. The van der Waals surface area contributed by atoms with Crippen LogP contribution in [-0.4, -0.2) is 29.7 Å². The van der Waals surface area contributed by atoms with Crippen LogP contribution in [0, 0.1) is 0 Å². The molecule has 0 radical (unpaired) electrons. The second-order valence-electron chi connectivity index (χ2n) is 4.51. The number of imidazole rings is 1. The van der Waals surface area contributed by atoms with Crippen molar-refractivity contribution in [2.45, 2.75) is 33.0 Å². The maximum absolute atomic E-state index is 11.6. The number of carbonyl (C=O) groups is 1. The van der Waals surface area contributed by atoms with Crippen LogP contribution in [0.1, 0.15) is 26.5 Å². The topological polar surface area (TPSA) is 114 Å². The molecule has 1 rings (SSSR count). The van der Waals surface area contributed by atoms with Gasteiger partial charge in [0.15, 0.2) is 0 Å². The molecule has 0 atom stereocenters. The zero-order valence-corrected chi connectivity index (χ0v) is 11.1. The summed E-state index contributed by atoms with van der Waals surface area (Å²) in [5.41, 5.74) is -0.381. The van der Waals surface area contributed by atoms with Crippen molar-refractivity contribution in [3.05, 3.63) is 18.2 Å². The van der Waals surface area contributed by atoms with Crippen LogP contribution in [0.4, 0.5) is 4.79 Å². The van der Waals surface area contributed by atoms with Crippen LogP contribution >= 0.6 is 0 Å². The molecule has 9 heteroatoms. The van der Waals surface area contributed by atoms with Gasteiger partial charge in [-0.1, -0.05) is 0 Å². The van der Waals surface area contributed by atoms with Gasteiger partial charge in [-0.05, 0) is 20.8 Å². The monoisotopic (exact) mass is 277 g/mol. The Hall–Kier alpha value is -1.45. The highest BCUT2D eigenvalue weighted by Gasteiger charge is 2.18. The second kappa shape index (κ2) is 5.04. The summed E-state index contributed by atoms with van der Waals surface area (Å²) in [6.07, 6.45) is 1.90. The highest BCUT2D eigenvalue weighted by molar-refractivity contribution is 7.84. The SMILES string of the molecule is CC(C)(C)OC(=O)n1cnc(COS(N)(=O)=O)c1. The predicted molar refractivity (Wildman–Crippen MR) is 61.8 cm³/mol. The molecule has 0 fully saturated rings. The van der Waals surface area contributed by atoms with E-state index in [4.69, 9.17) is 4.74 Å². The molecule has 0 amide bonds. The van der Waals surface area contributed by atoms with Crippen molar-refractivity contribution in [1.82, 2.24) is 9.55 Å². The molecular weight excluding hydrogens is 262 g/mol. The van der Waals surface area contributed by atoms with E-state index in [-0.39, 0.29) is 12.3 Å². The number of nitrogens with two attached hydrogens (primary N) is 1. The van der Waals surface area contributed by atoms with Gasteiger partial charge in [-0.2, -0.15) is 8.42 Å². The van der Waals surface area contributed by atoms with Gasteiger partial charge >= 0.3 is 16.4 Å². The summed E-state index contributed by atoms with van der Waals surface area (Å²) in [5.74, 6) is 0. The smallest absolute Gasteiger partial charge is 0.419 e. The first kappa shape index (κ1) is 14.6. The van der Waals surface area contributed by atoms with Gasteiger partial charge in [-0.15, -0.1) is 0 Å². The Morgan fingerprint density at radius 1 is 1.50 bits per heavy atom. The lowest BCUT2D eigenvalue weighted by molar-refractivity contribution is 0.0536. The molecule has 1 aromatic heterocycles. The number of ether oxygens (including phenoxy) is 1. The minimum atomic E-state index is -4.03. The lowest BCUT2D eigenvalue weighted by Crippen LogP contribution is -2.26. The van der Waals surface area contributed by atoms with E-state index in [9.17, 15) is 13.2 Å². The van der Waals surface area contributed by atoms with E-state index < -0.39 is 22.0 Å². The van der Waals surface area contributed by atoms with Crippen LogP contribution in [0.3, 0.4) is 0 Å². The molecule has 102 valence electrons. The van der Waals surface area contributed by atoms with Crippen LogP contribution < -0.4 is 5.14 Å². The Balaban J connectivity index is 2.66. The Morgan fingerprint density at radius 3 is 2.61 bits per heavy atom. The van der Waals surface area contributed by atoms with Crippen molar-refractivity contribution in [1.29, 1.82) is 0 Å². The molecule has 0 spiro atoms. The molecular formula is C9H15N3O5S. The maximum Gasteiger partial charge on any atom is 0.419 e. The molecule has 0 aromatic carbocycles. The van der Waals surface area contributed by atoms with Gasteiger partial charge in [-0.25, -0.2) is 19.5 Å². The summed E-state index contributed by atoms with van der Waals surface area (Å²) >= 11 is 0. The lowest BCUT2D eigenvalue weighted by atomic mass is 10.2. The standard InChI is InChI=1S/C9H15N3O5S/c1-9(2,3)17-8(13)12-4-7(11-6-12)5-16-18(10,14)15/h4,6H,5H2,1-3H3,(H2,10,14,15). The molecule has 8 nitrogen and oxygen atoms in total. The largest absolute Gasteiger partial charge is 0.443 e. The first-order valence-corrected chi connectivity index (χ1v) is 6.47. The first-order valence-electron chi connectivity index (χ1n) is 5.00. The average molecular weight is 277 g/mol. The first-order chi connectivity index (χ1) is 8.07. The molecule has 0 saturated heterocycles. The summed E-state index contributed by atoms with van der Waals surface area (Å²) < 4.78 is 31.6. The third-order valence-electron chi connectivity index (χ3n) is 1.61. The number of aromatic nitrogens is 2. The fourth-order valence-corrected chi connectivity index (χ4v) is 1.28. The molecule has 1 heterocycles. The van der Waals surface area contributed by atoms with Gasteiger partial charge in [-0.3, -0.25) is 4.18 Å². The van der Waals surface area contributed by atoms with Crippen molar-refractivity contribution >= 4 is 16.4 Å². The van der Waals surface area contributed by atoms with Crippen LogP contribution in [0.15, 0.2) is 12.5 Å². The molecule has 0 saturated carbocycles. The molecule has 18 heavy (non-hydrogen) atoms. The summed E-state index contributed by atoms with van der Waals surface area (Å²) in [6, 6.07) is 0. The highest BCUT2D eigenvalue weighted by Crippen LogP contribution is 2.09. The Bertz CT molecular complexity index is 529. The number of rotatable bonds is 3. The molecule has 2 N–H and O–H groups in total. The number of carbonyl (C=O) groups excluding carboxylic acids is 1. The van der Waals surface area contributed by atoms with Gasteiger partial charge in [0, 0.05) is 6.20 Å². The second-order valence-corrected chi connectivity index (χ2v) is 5.73. The fourth-order valence-electron chi connectivity index (χ4n) is 0.995. The minimum Gasteiger partial charge on any atom is -0.443 e. The number of nitrogens with zero attached hydrogens (tertiary/aromatic N) is 2. The van der Waals surface area contributed by atoms with Crippen LogP contribution in [0.2, 0.25) is 0 Å². The predicted octanol–water partition coefficient (Wildman–Crippen LogP) is 0.386. The molecule has 1 aromatic rings. The normalized spacial score (nSPS) is 12.4. The van der Waals surface area contributed by atoms with Crippen LogP contribution in [0.25, 0.3) is 0 Å². The van der Waals surface area contributed by atoms with Crippen molar-refractivity contribution < 1.29 is 22.1 Å². The van der Waals surface area contributed by atoms with Gasteiger partial charge in [0.2, 0.25) is 0 Å². The zero-order chi connectivity index (χ0) is 14.0. The van der Waals surface area contributed by atoms with Gasteiger partial charge in [0.1, 0.15) is 18.5 Å². The number of hydrogen-bond acceptors (Lipinski definition) is 6. The van der Waals surface area contributed by atoms with E-state index in [2.05, 4.69) is 14.3 Å². The molecule has 0 bridgehead atoms. The maximum atomic E-state index is 11.6. The van der Waals surface area contributed by atoms with Crippen LogP contribution in [0.5, 0.6) is 0 Å². The summed E-state index contributed by atoms with van der Waals surface area (Å²) in [6.45, 7) is 4.85. The van der Waals surface area contributed by atoms with E-state index in [1.54, 1.807) is 20.8 Å². The molecule has 0 unspecified atom stereocenters. The number of hydrogen-bond donors (Lipinski definition) is 1. The van der Waals surface area contributed by atoms with E-state index in [1.807, 2.05) is 0 Å². The average Bonchev–Trinajstić information content (AvgIpc) is 2.58. The highest BCUT2D eigenvalue weighted by atomic mass is 32.2. The van der Waals surface area contributed by atoms with Crippen molar-refractivity contribution in [2.75, 3.05) is 0 Å². The van der Waals surface area contributed by atoms with Crippen molar-refractivity contribution in [3.8, 4) is 0 Å². The Labute approximate surface area is 105 Å². The third-order valence-corrected chi connectivity index (χ3v) is 2.06. The molecule has 0 aliphatic rings. The Kier molecular flexibility index (Phi) is 4.09. The lowest BCUT2D eigenvalue weighted by Gasteiger charge is -2.19. The Morgan fingerprint density at radius 2 is 2.11 bits per heavy atom. The van der Waals surface area contributed by atoms with E-state index in [0.29, 0.717) is 0 Å². The summed E-state index contributed by atoms with van der Waals surface area (Å²) in [7, 11) is -4.03. The zero-order valence-electron chi connectivity index (χ0n) is 10.3. The summed E-state index contributed by atoms with van der Waals surface area (Å²) in [5, 5.41) is 4.66.